The first kappa shape index (κ1) is 22.5. The Hall–Kier alpha value is -1.76. The smallest absolute Gasteiger partial charge is 0.281 e. The Morgan fingerprint density at radius 3 is 2.50 bits per heavy atom. The first-order valence-corrected chi connectivity index (χ1v) is 10.5. The Kier molecular flexibility index (Phi) is 7.37. The van der Waals surface area contributed by atoms with Gasteiger partial charge in [0, 0.05) is 47.7 Å². The fraction of sp³-hybridized carbons (Fsp3) is 0.812. The van der Waals surface area contributed by atoms with Crippen LogP contribution in [0.15, 0.2) is 0 Å². The molecule has 2 aliphatic heterocycles. The molecule has 0 aromatic heterocycles. The van der Waals surface area contributed by atoms with Crippen LogP contribution in [0, 0.1) is 0 Å². The molecule has 2 saturated heterocycles. The molecule has 160 valence electrons. The number of carbonyl (C=O) groups is 3. The molecule has 2 rings (SSSR count). The highest BCUT2D eigenvalue weighted by atomic mass is 32.2. The van der Waals surface area contributed by atoms with Crippen molar-refractivity contribution >= 4 is 27.9 Å². The van der Waals surface area contributed by atoms with Crippen molar-refractivity contribution in [3.05, 3.63) is 0 Å². The van der Waals surface area contributed by atoms with Gasteiger partial charge in [0.2, 0.25) is 17.7 Å². The molecular weight excluding hydrogens is 390 g/mol. The number of nitrogens with zero attached hydrogens (tertiary/aromatic N) is 4. The Labute approximate surface area is 165 Å². The molecule has 0 aromatic carbocycles. The molecule has 11 nitrogen and oxygen atoms in total. The number of amides is 3. The number of ether oxygens (including phenoxy) is 1. The summed E-state index contributed by atoms with van der Waals surface area (Å²) < 4.78 is 31.6. The van der Waals surface area contributed by atoms with Crippen molar-refractivity contribution < 1.29 is 27.5 Å². The number of hydrogen-bond acceptors (Lipinski definition) is 6. The van der Waals surface area contributed by atoms with E-state index in [0.29, 0.717) is 26.0 Å². The van der Waals surface area contributed by atoms with E-state index in [1.165, 1.54) is 26.0 Å². The summed E-state index contributed by atoms with van der Waals surface area (Å²) in [5.41, 5.74) is 0. The molecule has 12 heteroatoms. The minimum absolute atomic E-state index is 0.138. The van der Waals surface area contributed by atoms with Crippen LogP contribution >= 0.6 is 0 Å². The van der Waals surface area contributed by atoms with Crippen molar-refractivity contribution in [1.29, 1.82) is 0 Å². The van der Waals surface area contributed by atoms with Gasteiger partial charge in [-0.25, -0.2) is 0 Å². The van der Waals surface area contributed by atoms with Crippen molar-refractivity contribution in [3.63, 3.8) is 0 Å². The van der Waals surface area contributed by atoms with Crippen LogP contribution in [-0.2, 0) is 29.3 Å². The lowest BCUT2D eigenvalue weighted by Crippen LogP contribution is -2.58. The first-order chi connectivity index (χ1) is 13.0. The van der Waals surface area contributed by atoms with Gasteiger partial charge in [0.05, 0.1) is 25.8 Å². The fourth-order valence-electron chi connectivity index (χ4n) is 3.19. The summed E-state index contributed by atoms with van der Waals surface area (Å²) in [7, 11) is 2.00. The molecule has 0 saturated carbocycles. The van der Waals surface area contributed by atoms with Gasteiger partial charge in [-0.05, 0) is 6.42 Å². The second-order valence-corrected chi connectivity index (χ2v) is 9.49. The van der Waals surface area contributed by atoms with E-state index in [1.807, 2.05) is 0 Å². The molecule has 28 heavy (non-hydrogen) atoms. The van der Waals surface area contributed by atoms with Crippen LogP contribution in [0.4, 0.5) is 0 Å². The molecular formula is C16H29N5O6S. The fourth-order valence-corrected chi connectivity index (χ4v) is 4.02. The molecule has 3 amide bonds. The number of morpholine rings is 1. The van der Waals surface area contributed by atoms with Crippen molar-refractivity contribution in [2.75, 3.05) is 61.0 Å². The molecule has 2 fully saturated rings. The van der Waals surface area contributed by atoms with Gasteiger partial charge in [0.1, 0.15) is 6.04 Å². The zero-order valence-corrected chi connectivity index (χ0v) is 17.6. The Bertz CT molecular complexity index is 712. The zero-order valence-electron chi connectivity index (χ0n) is 16.8. The third-order valence-electron chi connectivity index (χ3n) is 4.93. The van der Waals surface area contributed by atoms with E-state index >= 15 is 0 Å². The van der Waals surface area contributed by atoms with Crippen molar-refractivity contribution in [1.82, 2.24) is 23.7 Å². The van der Waals surface area contributed by atoms with E-state index in [2.05, 4.69) is 5.32 Å². The lowest BCUT2D eigenvalue weighted by atomic mass is 10.1. The van der Waals surface area contributed by atoms with Gasteiger partial charge < -0.3 is 19.9 Å². The normalized spacial score (nSPS) is 23.2. The van der Waals surface area contributed by atoms with Gasteiger partial charge in [-0.2, -0.15) is 17.0 Å². The quantitative estimate of drug-likeness (QED) is 0.495. The molecule has 0 aromatic rings. The van der Waals surface area contributed by atoms with E-state index in [1.54, 1.807) is 11.9 Å². The average molecular weight is 420 g/mol. The SMILES string of the molecule is CN(CC1COCCN1C(=O)C1CCC(=O)N1)C(=O)CN(C)S(=O)(=O)N(C)C. The van der Waals surface area contributed by atoms with Gasteiger partial charge in [0.15, 0.2) is 0 Å². The highest BCUT2D eigenvalue weighted by Crippen LogP contribution is 2.15. The molecule has 0 bridgehead atoms. The first-order valence-electron chi connectivity index (χ1n) is 9.09. The second kappa shape index (κ2) is 9.16. The molecule has 2 atom stereocenters. The second-order valence-electron chi connectivity index (χ2n) is 7.24. The van der Waals surface area contributed by atoms with Crippen LogP contribution in [0.1, 0.15) is 12.8 Å². The molecule has 0 spiro atoms. The number of likely N-dealkylation sites (N-methyl/N-ethyl adjacent to an activating group) is 2. The summed E-state index contributed by atoms with van der Waals surface area (Å²) in [6, 6.07) is -0.895. The summed E-state index contributed by atoms with van der Waals surface area (Å²) in [5.74, 6) is -0.701. The minimum Gasteiger partial charge on any atom is -0.377 e. The van der Waals surface area contributed by atoms with Gasteiger partial charge in [-0.3, -0.25) is 14.4 Å². The standard InChI is InChI=1S/C16H29N5O6S/c1-18(2)28(25,26)20(4)10-15(23)19(3)9-12-11-27-8-7-21(12)16(24)13-5-6-14(22)17-13/h12-13H,5-11H2,1-4H3,(H,17,22). The maximum atomic E-state index is 12.8. The Morgan fingerprint density at radius 1 is 1.25 bits per heavy atom. The highest BCUT2D eigenvalue weighted by Gasteiger charge is 2.36. The lowest BCUT2D eigenvalue weighted by Gasteiger charge is -2.39. The van der Waals surface area contributed by atoms with Crippen LogP contribution < -0.4 is 5.32 Å². The van der Waals surface area contributed by atoms with Gasteiger partial charge in [-0.1, -0.05) is 0 Å². The van der Waals surface area contributed by atoms with Crippen molar-refractivity contribution in [2.45, 2.75) is 24.9 Å². The van der Waals surface area contributed by atoms with Crippen LogP contribution in [0.25, 0.3) is 0 Å². The van der Waals surface area contributed by atoms with Gasteiger partial charge >= 0.3 is 0 Å². The largest absolute Gasteiger partial charge is 0.377 e. The summed E-state index contributed by atoms with van der Waals surface area (Å²) in [4.78, 5) is 39.7. The Morgan fingerprint density at radius 2 is 1.93 bits per heavy atom. The average Bonchev–Trinajstić information content (AvgIpc) is 3.07. The number of hydrogen-bond donors (Lipinski definition) is 1. The van der Waals surface area contributed by atoms with Crippen LogP contribution in [0.2, 0.25) is 0 Å². The number of nitrogens with one attached hydrogen (secondary N) is 1. The summed E-state index contributed by atoms with van der Waals surface area (Å²) in [6.07, 6.45) is 0.792. The monoisotopic (exact) mass is 419 g/mol. The molecule has 0 aliphatic carbocycles. The van der Waals surface area contributed by atoms with Gasteiger partial charge in [-0.15, -0.1) is 0 Å². The van der Waals surface area contributed by atoms with Crippen LogP contribution in [-0.4, -0.2) is 118 Å². The summed E-state index contributed by atoms with van der Waals surface area (Å²) in [6.45, 7) is 0.950. The number of carbonyl (C=O) groups excluding carboxylic acids is 3. The molecule has 2 aliphatic rings. The van der Waals surface area contributed by atoms with E-state index in [-0.39, 0.29) is 43.5 Å². The van der Waals surface area contributed by atoms with E-state index in [0.717, 1.165) is 8.61 Å². The molecule has 2 unspecified atom stereocenters. The highest BCUT2D eigenvalue weighted by molar-refractivity contribution is 7.86. The zero-order chi connectivity index (χ0) is 21.1. The van der Waals surface area contributed by atoms with Crippen molar-refractivity contribution in [3.8, 4) is 0 Å². The Balaban J connectivity index is 1.98. The summed E-state index contributed by atoms with van der Waals surface area (Å²) in [5, 5.41) is 2.67. The lowest BCUT2D eigenvalue weighted by molar-refractivity contribution is -0.145. The minimum atomic E-state index is -3.69. The third-order valence-corrected chi connectivity index (χ3v) is 6.77. The van der Waals surface area contributed by atoms with Crippen LogP contribution in [0.5, 0.6) is 0 Å². The maximum Gasteiger partial charge on any atom is 0.281 e. The topological polar surface area (TPSA) is 120 Å². The molecule has 1 N–H and O–H groups in total. The maximum absolute atomic E-state index is 12.8. The molecule has 2 heterocycles. The van der Waals surface area contributed by atoms with Crippen molar-refractivity contribution in [2.24, 2.45) is 0 Å². The summed E-state index contributed by atoms with van der Waals surface area (Å²) >= 11 is 0. The van der Waals surface area contributed by atoms with E-state index in [4.69, 9.17) is 4.74 Å². The van der Waals surface area contributed by atoms with E-state index < -0.39 is 16.3 Å². The number of rotatable bonds is 7. The predicted octanol–water partition coefficient (Wildman–Crippen LogP) is -2.31. The van der Waals surface area contributed by atoms with Crippen LogP contribution in [0.3, 0.4) is 0 Å². The van der Waals surface area contributed by atoms with E-state index in [9.17, 15) is 22.8 Å². The molecule has 0 radical (unpaired) electrons. The predicted molar refractivity (Wildman–Crippen MR) is 100 cm³/mol. The van der Waals surface area contributed by atoms with Gasteiger partial charge in [0.25, 0.3) is 10.2 Å². The third kappa shape index (κ3) is 5.19.